The number of carbonyl (C=O) groups is 1. The Hall–Kier alpha value is -3.03. The first-order chi connectivity index (χ1) is 13.5. The monoisotopic (exact) mass is 410 g/mol. The lowest BCUT2D eigenvalue weighted by molar-refractivity contribution is 0.102. The Kier molecular flexibility index (Phi) is 4.93. The average molecular weight is 411 g/mol. The van der Waals surface area contributed by atoms with Crippen LogP contribution in [0.5, 0.6) is 0 Å². The Morgan fingerprint density at radius 1 is 1.18 bits per heavy atom. The second-order valence-electron chi connectivity index (χ2n) is 6.26. The maximum Gasteiger partial charge on any atom is 0.278 e. The summed E-state index contributed by atoms with van der Waals surface area (Å²) in [5.74, 6) is -0.429. The lowest BCUT2D eigenvalue weighted by Gasteiger charge is -2.05. The molecule has 0 saturated carbocycles. The number of rotatable bonds is 4. The summed E-state index contributed by atoms with van der Waals surface area (Å²) >= 11 is 7.73. The number of aryl methyl sites for hydroxylation is 1. The number of halogens is 1. The molecule has 1 amide bonds. The third-order valence-corrected chi connectivity index (χ3v) is 5.78. The van der Waals surface area contributed by atoms with Gasteiger partial charge in [-0.05, 0) is 24.1 Å². The van der Waals surface area contributed by atoms with Crippen LogP contribution < -0.4 is 10.9 Å². The van der Waals surface area contributed by atoms with Crippen molar-refractivity contribution in [3.05, 3.63) is 85.7 Å². The molecule has 0 spiro atoms. The number of anilines is 1. The number of hydrogen-bond donors (Lipinski definition) is 2. The predicted octanol–water partition coefficient (Wildman–Crippen LogP) is 4.18. The zero-order valence-corrected chi connectivity index (χ0v) is 16.4. The third-order valence-electron chi connectivity index (χ3n) is 4.32. The number of aromatic amines is 1. The highest BCUT2D eigenvalue weighted by Gasteiger charge is 2.16. The van der Waals surface area contributed by atoms with Gasteiger partial charge in [-0.15, -0.1) is 11.3 Å². The molecule has 0 atom stereocenters. The van der Waals surface area contributed by atoms with E-state index < -0.39 is 5.91 Å². The molecule has 0 bridgehead atoms. The molecule has 4 aromatic rings. The van der Waals surface area contributed by atoms with E-state index in [2.05, 4.69) is 20.5 Å². The molecular formula is C20H15ClN4O2S. The highest BCUT2D eigenvalue weighted by Crippen LogP contribution is 2.27. The predicted molar refractivity (Wildman–Crippen MR) is 111 cm³/mol. The molecule has 0 aliphatic rings. The topological polar surface area (TPSA) is 87.7 Å². The van der Waals surface area contributed by atoms with E-state index in [0.717, 1.165) is 21.0 Å². The Bertz CT molecular complexity index is 1250. The molecule has 8 heteroatoms. The number of fused-ring (bicyclic) bond motifs is 1. The largest absolute Gasteiger partial charge is 0.296 e. The van der Waals surface area contributed by atoms with Crippen LogP contribution in [0.2, 0.25) is 5.02 Å². The standard InChI is InChI=1S/C20H15ClN4O2S/c1-11-5-4-6-12(16(11)21)9-13-10-22-20(28-13)23-19(27)17-14-7-2-3-8-15(14)18(26)25-24-17/h2-8,10H,9H2,1H3,(H,25,26)(H,22,23,27). The SMILES string of the molecule is Cc1cccc(Cc2cnc(NC(=O)c3n[nH]c(=O)c4ccccc34)s2)c1Cl. The minimum absolute atomic E-state index is 0.147. The summed E-state index contributed by atoms with van der Waals surface area (Å²) in [5, 5.41) is 11.1. The van der Waals surface area contributed by atoms with E-state index in [1.165, 1.54) is 11.3 Å². The van der Waals surface area contributed by atoms with Crippen molar-refractivity contribution in [3.63, 3.8) is 0 Å². The molecule has 0 fully saturated rings. The highest BCUT2D eigenvalue weighted by molar-refractivity contribution is 7.15. The Morgan fingerprint density at radius 3 is 2.79 bits per heavy atom. The van der Waals surface area contributed by atoms with Gasteiger partial charge in [-0.1, -0.05) is 48.0 Å². The molecule has 0 aliphatic heterocycles. The second-order valence-corrected chi connectivity index (χ2v) is 7.75. The minimum atomic E-state index is -0.429. The zero-order valence-electron chi connectivity index (χ0n) is 14.8. The molecule has 2 N–H and O–H groups in total. The lowest BCUT2D eigenvalue weighted by atomic mass is 10.1. The molecular weight excluding hydrogens is 396 g/mol. The van der Waals surface area contributed by atoms with Gasteiger partial charge < -0.3 is 0 Å². The number of thiazole rings is 1. The number of nitrogens with one attached hydrogen (secondary N) is 2. The maximum absolute atomic E-state index is 12.7. The molecule has 28 heavy (non-hydrogen) atoms. The van der Waals surface area contributed by atoms with E-state index in [9.17, 15) is 9.59 Å². The molecule has 0 unspecified atom stereocenters. The number of benzene rings is 2. The number of carbonyl (C=O) groups excluding carboxylic acids is 1. The molecule has 0 radical (unpaired) electrons. The second kappa shape index (κ2) is 7.53. The van der Waals surface area contributed by atoms with Crippen molar-refractivity contribution < 1.29 is 4.79 Å². The molecule has 2 heterocycles. The summed E-state index contributed by atoms with van der Waals surface area (Å²) in [6.07, 6.45) is 2.35. The molecule has 4 rings (SSSR count). The van der Waals surface area contributed by atoms with Crippen LogP contribution in [-0.2, 0) is 6.42 Å². The van der Waals surface area contributed by atoms with Crippen LogP contribution in [-0.4, -0.2) is 21.1 Å². The first kappa shape index (κ1) is 18.3. The maximum atomic E-state index is 12.7. The number of amides is 1. The van der Waals surface area contributed by atoms with E-state index in [4.69, 9.17) is 11.6 Å². The Morgan fingerprint density at radius 2 is 1.96 bits per heavy atom. The van der Waals surface area contributed by atoms with E-state index in [-0.39, 0.29) is 11.3 Å². The van der Waals surface area contributed by atoms with Gasteiger partial charge in [0.2, 0.25) is 0 Å². The van der Waals surface area contributed by atoms with Crippen molar-refractivity contribution in [1.82, 2.24) is 15.2 Å². The van der Waals surface area contributed by atoms with Gasteiger partial charge >= 0.3 is 0 Å². The highest BCUT2D eigenvalue weighted by atomic mass is 35.5. The van der Waals surface area contributed by atoms with Crippen molar-refractivity contribution in [2.75, 3.05) is 5.32 Å². The van der Waals surface area contributed by atoms with E-state index in [1.807, 2.05) is 25.1 Å². The molecule has 6 nitrogen and oxygen atoms in total. The third kappa shape index (κ3) is 3.54. The van der Waals surface area contributed by atoms with Crippen molar-refractivity contribution in [3.8, 4) is 0 Å². The molecule has 0 saturated heterocycles. The Labute approximate surface area is 169 Å². The van der Waals surface area contributed by atoms with Gasteiger partial charge in [0.15, 0.2) is 10.8 Å². The summed E-state index contributed by atoms with van der Waals surface area (Å²) in [7, 11) is 0. The van der Waals surface area contributed by atoms with Crippen LogP contribution in [0.4, 0.5) is 5.13 Å². The van der Waals surface area contributed by atoms with Crippen molar-refractivity contribution in [2.45, 2.75) is 13.3 Å². The average Bonchev–Trinajstić information content (AvgIpc) is 3.13. The van der Waals surface area contributed by atoms with Crippen LogP contribution in [0, 0.1) is 6.92 Å². The quantitative estimate of drug-likeness (QED) is 0.528. The van der Waals surface area contributed by atoms with Crippen LogP contribution in [0.1, 0.15) is 26.5 Å². The van der Waals surface area contributed by atoms with E-state index in [0.29, 0.717) is 22.3 Å². The molecule has 0 aliphatic carbocycles. The lowest BCUT2D eigenvalue weighted by Crippen LogP contribution is -2.19. The zero-order chi connectivity index (χ0) is 19.7. The fourth-order valence-corrected chi connectivity index (χ4v) is 3.95. The van der Waals surface area contributed by atoms with Crippen LogP contribution >= 0.6 is 22.9 Å². The Balaban J connectivity index is 1.56. The number of aromatic nitrogens is 3. The summed E-state index contributed by atoms with van der Waals surface area (Å²) in [6, 6.07) is 12.7. The van der Waals surface area contributed by atoms with Crippen LogP contribution in [0.15, 0.2) is 53.5 Å². The molecule has 2 aromatic carbocycles. The van der Waals surface area contributed by atoms with Gasteiger partial charge in [-0.2, -0.15) is 5.10 Å². The molecule has 2 aromatic heterocycles. The first-order valence-electron chi connectivity index (χ1n) is 8.50. The summed E-state index contributed by atoms with van der Waals surface area (Å²) < 4.78 is 0. The fraction of sp³-hybridized carbons (Fsp3) is 0.100. The van der Waals surface area contributed by atoms with Gasteiger partial charge in [-0.25, -0.2) is 10.1 Å². The molecule has 140 valence electrons. The van der Waals surface area contributed by atoms with Crippen molar-refractivity contribution in [2.24, 2.45) is 0 Å². The number of H-pyrrole nitrogens is 1. The summed E-state index contributed by atoms with van der Waals surface area (Å²) in [4.78, 5) is 29.8. The van der Waals surface area contributed by atoms with Crippen LogP contribution in [0.3, 0.4) is 0 Å². The van der Waals surface area contributed by atoms with Gasteiger partial charge in [0.05, 0.1) is 5.39 Å². The van der Waals surface area contributed by atoms with E-state index >= 15 is 0 Å². The first-order valence-corrected chi connectivity index (χ1v) is 9.70. The number of hydrogen-bond acceptors (Lipinski definition) is 5. The van der Waals surface area contributed by atoms with Crippen LogP contribution in [0.25, 0.3) is 10.8 Å². The number of nitrogens with zero attached hydrogens (tertiary/aromatic N) is 2. The normalized spacial score (nSPS) is 10.9. The van der Waals surface area contributed by atoms with Gasteiger partial charge in [0, 0.05) is 27.9 Å². The van der Waals surface area contributed by atoms with E-state index in [1.54, 1.807) is 30.5 Å². The summed E-state index contributed by atoms with van der Waals surface area (Å²) in [5.41, 5.74) is 1.84. The fourth-order valence-electron chi connectivity index (χ4n) is 2.92. The minimum Gasteiger partial charge on any atom is -0.296 e. The van der Waals surface area contributed by atoms with Crippen molar-refractivity contribution >= 4 is 44.7 Å². The summed E-state index contributed by atoms with van der Waals surface area (Å²) in [6.45, 7) is 1.96. The van der Waals surface area contributed by atoms with Gasteiger partial charge in [-0.3, -0.25) is 14.9 Å². The van der Waals surface area contributed by atoms with Crippen molar-refractivity contribution in [1.29, 1.82) is 0 Å². The smallest absolute Gasteiger partial charge is 0.278 e. The van der Waals surface area contributed by atoms with Gasteiger partial charge in [0.25, 0.3) is 11.5 Å². The van der Waals surface area contributed by atoms with Gasteiger partial charge in [0.1, 0.15) is 0 Å².